The van der Waals surface area contributed by atoms with E-state index in [4.69, 9.17) is 5.73 Å². The normalized spacial score (nSPS) is 12.4. The second kappa shape index (κ2) is 5.89. The summed E-state index contributed by atoms with van der Waals surface area (Å²) in [6.45, 7) is 0.264. The van der Waals surface area contributed by atoms with Crippen molar-refractivity contribution < 1.29 is 13.2 Å². The maximum atomic E-state index is 13.6. The second-order valence-corrected chi connectivity index (χ2v) is 4.43. The molecule has 0 aliphatic rings. The van der Waals surface area contributed by atoms with Crippen molar-refractivity contribution in [1.82, 2.24) is 0 Å². The SMILES string of the molecule is NCC(Cc1ccc(F)cc1F)c1cccc(F)c1. The monoisotopic (exact) mass is 265 g/mol. The standard InChI is InChI=1S/C15H14F3N/c16-13-3-1-2-10(7-13)12(9-19)6-11-4-5-14(17)8-15(11)18/h1-5,7-8,12H,6,9,19H2. The molecule has 2 rings (SSSR count). The molecule has 0 bridgehead atoms. The van der Waals surface area contributed by atoms with Gasteiger partial charge in [-0.3, -0.25) is 0 Å². The van der Waals surface area contributed by atoms with Gasteiger partial charge in [0.15, 0.2) is 0 Å². The highest BCUT2D eigenvalue weighted by molar-refractivity contribution is 5.26. The van der Waals surface area contributed by atoms with Crippen molar-refractivity contribution in [3.8, 4) is 0 Å². The molecule has 2 aromatic rings. The molecule has 1 atom stereocenters. The molecule has 0 spiro atoms. The highest BCUT2D eigenvalue weighted by Crippen LogP contribution is 2.22. The maximum Gasteiger partial charge on any atom is 0.129 e. The van der Waals surface area contributed by atoms with E-state index in [2.05, 4.69) is 0 Å². The van der Waals surface area contributed by atoms with Gasteiger partial charge in [-0.2, -0.15) is 0 Å². The Kier molecular flexibility index (Phi) is 4.22. The molecule has 0 fully saturated rings. The Balaban J connectivity index is 2.24. The Morgan fingerprint density at radius 1 is 0.947 bits per heavy atom. The van der Waals surface area contributed by atoms with Crippen LogP contribution in [0.25, 0.3) is 0 Å². The summed E-state index contributed by atoms with van der Waals surface area (Å²) in [5.41, 5.74) is 6.75. The van der Waals surface area contributed by atoms with Crippen LogP contribution >= 0.6 is 0 Å². The first kappa shape index (κ1) is 13.6. The third kappa shape index (κ3) is 3.35. The van der Waals surface area contributed by atoms with Gasteiger partial charge < -0.3 is 5.73 Å². The zero-order chi connectivity index (χ0) is 13.8. The lowest BCUT2D eigenvalue weighted by Crippen LogP contribution is -2.16. The molecule has 0 aliphatic heterocycles. The summed E-state index contributed by atoms with van der Waals surface area (Å²) in [4.78, 5) is 0. The van der Waals surface area contributed by atoms with E-state index in [1.807, 2.05) is 0 Å². The molecule has 2 N–H and O–H groups in total. The average molecular weight is 265 g/mol. The van der Waals surface area contributed by atoms with E-state index in [-0.39, 0.29) is 18.3 Å². The van der Waals surface area contributed by atoms with Gasteiger partial charge in [0, 0.05) is 12.0 Å². The summed E-state index contributed by atoms with van der Waals surface area (Å²) in [5, 5.41) is 0. The van der Waals surface area contributed by atoms with Crippen LogP contribution in [0, 0.1) is 17.5 Å². The minimum absolute atomic E-state index is 0.198. The molecule has 0 saturated carbocycles. The fourth-order valence-electron chi connectivity index (χ4n) is 2.05. The van der Waals surface area contributed by atoms with E-state index >= 15 is 0 Å². The van der Waals surface area contributed by atoms with Crippen LogP contribution in [0.4, 0.5) is 13.2 Å². The first-order chi connectivity index (χ1) is 9.10. The van der Waals surface area contributed by atoms with E-state index in [1.54, 1.807) is 12.1 Å². The molecular formula is C15H14F3N. The van der Waals surface area contributed by atoms with Crippen LogP contribution in [0.2, 0.25) is 0 Å². The molecule has 19 heavy (non-hydrogen) atoms. The van der Waals surface area contributed by atoms with Crippen molar-refractivity contribution in [3.05, 3.63) is 71.0 Å². The smallest absolute Gasteiger partial charge is 0.129 e. The maximum absolute atomic E-state index is 13.6. The van der Waals surface area contributed by atoms with Crippen molar-refractivity contribution in [2.45, 2.75) is 12.3 Å². The number of rotatable bonds is 4. The highest BCUT2D eigenvalue weighted by atomic mass is 19.1. The van der Waals surface area contributed by atoms with Crippen molar-refractivity contribution >= 4 is 0 Å². The van der Waals surface area contributed by atoms with Gasteiger partial charge >= 0.3 is 0 Å². The predicted octanol–water partition coefficient (Wildman–Crippen LogP) is 3.39. The number of benzene rings is 2. The third-order valence-electron chi connectivity index (χ3n) is 3.09. The highest BCUT2D eigenvalue weighted by Gasteiger charge is 2.14. The summed E-state index contributed by atoms with van der Waals surface area (Å²) in [5.74, 6) is -1.77. The fourth-order valence-corrected chi connectivity index (χ4v) is 2.05. The van der Waals surface area contributed by atoms with Gasteiger partial charge in [-0.1, -0.05) is 18.2 Å². The van der Waals surface area contributed by atoms with Crippen LogP contribution in [0.5, 0.6) is 0 Å². The van der Waals surface area contributed by atoms with Gasteiger partial charge in [0.25, 0.3) is 0 Å². The summed E-state index contributed by atoms with van der Waals surface area (Å²) in [6, 6.07) is 9.52. The third-order valence-corrected chi connectivity index (χ3v) is 3.09. The largest absolute Gasteiger partial charge is 0.330 e. The Morgan fingerprint density at radius 2 is 1.68 bits per heavy atom. The fraction of sp³-hybridized carbons (Fsp3) is 0.200. The average Bonchev–Trinajstić information content (AvgIpc) is 2.38. The summed E-state index contributed by atoms with van der Waals surface area (Å²) >= 11 is 0. The van der Waals surface area contributed by atoms with Crippen molar-refractivity contribution in [2.75, 3.05) is 6.54 Å². The zero-order valence-electron chi connectivity index (χ0n) is 10.2. The van der Waals surface area contributed by atoms with Crippen LogP contribution in [-0.2, 0) is 6.42 Å². The number of halogens is 3. The quantitative estimate of drug-likeness (QED) is 0.901. The van der Waals surface area contributed by atoms with Crippen molar-refractivity contribution in [3.63, 3.8) is 0 Å². The topological polar surface area (TPSA) is 26.0 Å². The Morgan fingerprint density at radius 3 is 2.32 bits per heavy atom. The van der Waals surface area contributed by atoms with E-state index < -0.39 is 11.6 Å². The summed E-state index contributed by atoms with van der Waals surface area (Å²) in [6.07, 6.45) is 0.312. The Labute approximate surface area is 109 Å². The molecule has 0 aromatic heterocycles. The Bertz CT molecular complexity index is 569. The predicted molar refractivity (Wildman–Crippen MR) is 68.3 cm³/mol. The lowest BCUT2D eigenvalue weighted by Gasteiger charge is -2.16. The van der Waals surface area contributed by atoms with E-state index in [0.29, 0.717) is 17.5 Å². The molecule has 4 heteroatoms. The molecule has 1 nitrogen and oxygen atoms in total. The van der Waals surface area contributed by atoms with Crippen LogP contribution in [0.3, 0.4) is 0 Å². The molecule has 0 aliphatic carbocycles. The van der Waals surface area contributed by atoms with Crippen LogP contribution < -0.4 is 5.73 Å². The molecule has 2 aromatic carbocycles. The molecule has 100 valence electrons. The van der Waals surface area contributed by atoms with E-state index in [0.717, 1.165) is 6.07 Å². The van der Waals surface area contributed by atoms with Gasteiger partial charge in [-0.05, 0) is 42.3 Å². The molecular weight excluding hydrogens is 251 g/mol. The zero-order valence-corrected chi connectivity index (χ0v) is 10.2. The van der Waals surface area contributed by atoms with Gasteiger partial charge in [-0.15, -0.1) is 0 Å². The van der Waals surface area contributed by atoms with Crippen molar-refractivity contribution in [2.24, 2.45) is 5.73 Å². The van der Waals surface area contributed by atoms with Gasteiger partial charge in [0.1, 0.15) is 17.5 Å². The number of hydrogen-bond donors (Lipinski definition) is 1. The molecule has 1 unspecified atom stereocenters. The summed E-state index contributed by atoms with van der Waals surface area (Å²) < 4.78 is 39.6. The van der Waals surface area contributed by atoms with E-state index in [1.165, 1.54) is 24.3 Å². The van der Waals surface area contributed by atoms with Crippen molar-refractivity contribution in [1.29, 1.82) is 0 Å². The van der Waals surface area contributed by atoms with Gasteiger partial charge in [0.05, 0.1) is 0 Å². The molecule has 0 amide bonds. The van der Waals surface area contributed by atoms with Crippen LogP contribution in [0.1, 0.15) is 17.0 Å². The van der Waals surface area contributed by atoms with Crippen LogP contribution in [0.15, 0.2) is 42.5 Å². The Hall–Kier alpha value is -1.81. The first-order valence-corrected chi connectivity index (χ1v) is 5.99. The minimum Gasteiger partial charge on any atom is -0.330 e. The second-order valence-electron chi connectivity index (χ2n) is 4.43. The molecule has 0 radical (unpaired) electrons. The first-order valence-electron chi connectivity index (χ1n) is 5.99. The molecule has 0 heterocycles. The van der Waals surface area contributed by atoms with Crippen LogP contribution in [-0.4, -0.2) is 6.54 Å². The molecule has 0 saturated heterocycles. The minimum atomic E-state index is -0.615. The number of nitrogens with two attached hydrogens (primary N) is 1. The number of hydrogen-bond acceptors (Lipinski definition) is 1. The van der Waals surface area contributed by atoms with Gasteiger partial charge in [0.2, 0.25) is 0 Å². The lowest BCUT2D eigenvalue weighted by atomic mass is 9.92. The van der Waals surface area contributed by atoms with E-state index in [9.17, 15) is 13.2 Å². The lowest BCUT2D eigenvalue weighted by molar-refractivity contribution is 0.560. The summed E-state index contributed by atoms with van der Waals surface area (Å²) in [7, 11) is 0. The van der Waals surface area contributed by atoms with Gasteiger partial charge in [-0.25, -0.2) is 13.2 Å².